The van der Waals surface area contributed by atoms with E-state index in [2.05, 4.69) is 0 Å². The molecule has 0 aromatic heterocycles. The van der Waals surface area contributed by atoms with Crippen molar-refractivity contribution < 1.29 is 30.0 Å². The van der Waals surface area contributed by atoms with Crippen molar-refractivity contribution in [3.63, 3.8) is 0 Å². The van der Waals surface area contributed by atoms with Crippen molar-refractivity contribution in [3.8, 4) is 0 Å². The average molecular weight is 279 g/mol. The first-order valence-corrected chi connectivity index (χ1v) is 6.40. The SMILES string of the molecule is CCO[C@@](N)(C(=O)CC)[C@](O)(CC)[C@H](O)[C@H](O)CO. The van der Waals surface area contributed by atoms with E-state index in [-0.39, 0.29) is 19.4 Å². The van der Waals surface area contributed by atoms with Gasteiger partial charge >= 0.3 is 0 Å². The summed E-state index contributed by atoms with van der Waals surface area (Å²) < 4.78 is 5.18. The molecule has 0 aliphatic rings. The minimum absolute atomic E-state index is 0.000744. The molecule has 0 spiro atoms. The standard InChI is InChI=1S/C12H25NO6/c1-4-9(16)12(13,19-6-3)11(18,5-2)10(17)8(15)7-14/h8,10,14-15,17-18H,4-7,13H2,1-3H3/t8-,10-,11+,12+/m1/s1. The molecule has 0 amide bonds. The molecule has 0 rings (SSSR count). The average Bonchev–Trinajstić information content (AvgIpc) is 2.43. The van der Waals surface area contributed by atoms with Gasteiger partial charge in [0.05, 0.1) is 6.61 Å². The summed E-state index contributed by atoms with van der Waals surface area (Å²) in [5, 5.41) is 38.9. The Balaban J connectivity index is 5.62. The van der Waals surface area contributed by atoms with Gasteiger partial charge in [0.2, 0.25) is 5.72 Å². The summed E-state index contributed by atoms with van der Waals surface area (Å²) in [6.45, 7) is 3.92. The maximum Gasteiger partial charge on any atom is 0.207 e. The summed E-state index contributed by atoms with van der Waals surface area (Å²) in [6.07, 6.45) is -3.57. The lowest BCUT2D eigenvalue weighted by molar-refractivity contribution is -0.236. The van der Waals surface area contributed by atoms with E-state index in [1.165, 1.54) is 6.92 Å². The zero-order valence-electron chi connectivity index (χ0n) is 11.7. The molecular formula is C12H25NO6. The predicted octanol–water partition coefficient (Wildman–Crippen LogP) is -1.49. The first-order valence-electron chi connectivity index (χ1n) is 6.40. The molecule has 0 bridgehead atoms. The molecule has 0 saturated heterocycles. The van der Waals surface area contributed by atoms with Crippen LogP contribution in [0.4, 0.5) is 0 Å². The number of ketones is 1. The summed E-state index contributed by atoms with van der Waals surface area (Å²) in [7, 11) is 0. The fourth-order valence-corrected chi connectivity index (χ4v) is 2.05. The first kappa shape index (κ1) is 18.4. The van der Waals surface area contributed by atoms with Gasteiger partial charge in [-0.2, -0.15) is 0 Å². The highest BCUT2D eigenvalue weighted by atomic mass is 16.5. The van der Waals surface area contributed by atoms with Gasteiger partial charge < -0.3 is 25.2 Å². The van der Waals surface area contributed by atoms with Crippen LogP contribution in [0.1, 0.15) is 33.6 Å². The van der Waals surface area contributed by atoms with Gasteiger partial charge in [-0.15, -0.1) is 0 Å². The Morgan fingerprint density at radius 3 is 2.16 bits per heavy atom. The van der Waals surface area contributed by atoms with Crippen molar-refractivity contribution in [2.75, 3.05) is 13.2 Å². The van der Waals surface area contributed by atoms with Crippen LogP contribution in [0.25, 0.3) is 0 Å². The molecule has 114 valence electrons. The molecule has 6 N–H and O–H groups in total. The highest BCUT2D eigenvalue weighted by Gasteiger charge is 2.58. The van der Waals surface area contributed by atoms with Crippen LogP contribution < -0.4 is 5.73 Å². The van der Waals surface area contributed by atoms with E-state index < -0.39 is 35.9 Å². The fourth-order valence-electron chi connectivity index (χ4n) is 2.05. The molecule has 4 atom stereocenters. The number of aliphatic hydroxyl groups excluding tert-OH is 3. The minimum atomic E-state index is -2.20. The van der Waals surface area contributed by atoms with Crippen LogP contribution in [0.2, 0.25) is 0 Å². The van der Waals surface area contributed by atoms with Crippen molar-refractivity contribution in [2.45, 2.75) is 57.1 Å². The first-order chi connectivity index (χ1) is 8.74. The number of hydrogen-bond acceptors (Lipinski definition) is 7. The molecule has 0 aromatic rings. The summed E-state index contributed by atoms with van der Waals surface area (Å²) in [6, 6.07) is 0. The summed E-state index contributed by atoms with van der Waals surface area (Å²) in [4.78, 5) is 12.0. The maximum atomic E-state index is 12.0. The predicted molar refractivity (Wildman–Crippen MR) is 68.2 cm³/mol. The lowest BCUT2D eigenvalue weighted by Gasteiger charge is -2.46. The Hall–Kier alpha value is -0.570. The van der Waals surface area contributed by atoms with Gasteiger partial charge in [-0.05, 0) is 13.3 Å². The monoisotopic (exact) mass is 279 g/mol. The Bertz CT molecular complexity index is 300. The molecule has 0 radical (unpaired) electrons. The highest BCUT2D eigenvalue weighted by molar-refractivity contribution is 5.88. The van der Waals surface area contributed by atoms with E-state index in [1.807, 2.05) is 0 Å². The van der Waals surface area contributed by atoms with Gasteiger partial charge in [0.25, 0.3) is 0 Å². The summed E-state index contributed by atoms with van der Waals surface area (Å²) in [5.74, 6) is -0.595. The van der Waals surface area contributed by atoms with Gasteiger partial charge in [-0.1, -0.05) is 13.8 Å². The third-order valence-electron chi connectivity index (χ3n) is 3.33. The number of rotatable bonds is 9. The van der Waals surface area contributed by atoms with Crippen LogP contribution in [0, 0.1) is 0 Å². The lowest BCUT2D eigenvalue weighted by Crippen LogP contribution is -2.73. The van der Waals surface area contributed by atoms with Gasteiger partial charge in [-0.3, -0.25) is 10.5 Å². The quantitative estimate of drug-likeness (QED) is 0.325. The number of ether oxygens (including phenoxy) is 1. The number of aliphatic hydroxyl groups is 4. The number of nitrogens with two attached hydrogens (primary N) is 1. The van der Waals surface area contributed by atoms with E-state index >= 15 is 0 Å². The largest absolute Gasteiger partial charge is 0.394 e. The molecule has 19 heavy (non-hydrogen) atoms. The van der Waals surface area contributed by atoms with Gasteiger partial charge in [0, 0.05) is 13.0 Å². The normalized spacial score (nSPS) is 21.3. The van der Waals surface area contributed by atoms with E-state index in [9.17, 15) is 20.1 Å². The maximum absolute atomic E-state index is 12.0. The smallest absolute Gasteiger partial charge is 0.207 e. The lowest BCUT2D eigenvalue weighted by atomic mass is 9.77. The summed E-state index contributed by atoms with van der Waals surface area (Å²) in [5.41, 5.74) is 1.54. The fraction of sp³-hybridized carbons (Fsp3) is 0.917. The topological polar surface area (TPSA) is 133 Å². The third-order valence-corrected chi connectivity index (χ3v) is 3.33. The second kappa shape index (κ2) is 7.28. The van der Waals surface area contributed by atoms with Crippen LogP contribution in [-0.4, -0.2) is 63.0 Å². The molecule has 7 nitrogen and oxygen atoms in total. The van der Waals surface area contributed by atoms with Crippen molar-refractivity contribution in [3.05, 3.63) is 0 Å². The van der Waals surface area contributed by atoms with Crippen molar-refractivity contribution >= 4 is 5.78 Å². The Labute approximate surface area is 113 Å². The number of carbonyl (C=O) groups is 1. The van der Waals surface area contributed by atoms with Crippen LogP contribution >= 0.6 is 0 Å². The molecule has 0 heterocycles. The second-order valence-electron chi connectivity index (χ2n) is 4.42. The number of carbonyl (C=O) groups excluding carboxylic acids is 1. The van der Waals surface area contributed by atoms with Gasteiger partial charge in [-0.25, -0.2) is 0 Å². The molecule has 0 aliphatic carbocycles. The molecular weight excluding hydrogens is 254 g/mol. The van der Waals surface area contributed by atoms with Crippen LogP contribution in [-0.2, 0) is 9.53 Å². The zero-order valence-corrected chi connectivity index (χ0v) is 11.7. The molecule has 0 saturated carbocycles. The molecule has 7 heteroatoms. The Morgan fingerprint density at radius 2 is 1.84 bits per heavy atom. The molecule has 0 aromatic carbocycles. The zero-order chi connectivity index (χ0) is 15.3. The van der Waals surface area contributed by atoms with Gasteiger partial charge in [0.1, 0.15) is 17.8 Å². The van der Waals surface area contributed by atoms with E-state index in [0.29, 0.717) is 0 Å². The van der Waals surface area contributed by atoms with E-state index in [4.69, 9.17) is 15.6 Å². The molecule has 0 fully saturated rings. The molecule has 0 aliphatic heterocycles. The minimum Gasteiger partial charge on any atom is -0.394 e. The third kappa shape index (κ3) is 3.31. The molecule has 0 unspecified atom stereocenters. The number of Topliss-reactive ketones (excluding diaryl/α,β-unsaturated/α-hetero) is 1. The Kier molecular flexibility index (Phi) is 7.06. The Morgan fingerprint density at radius 1 is 1.32 bits per heavy atom. The van der Waals surface area contributed by atoms with Crippen molar-refractivity contribution in [2.24, 2.45) is 5.73 Å². The van der Waals surface area contributed by atoms with Gasteiger partial charge in [0.15, 0.2) is 5.78 Å². The van der Waals surface area contributed by atoms with Crippen LogP contribution in [0.3, 0.4) is 0 Å². The van der Waals surface area contributed by atoms with Crippen LogP contribution in [0.5, 0.6) is 0 Å². The van der Waals surface area contributed by atoms with Crippen molar-refractivity contribution in [1.82, 2.24) is 0 Å². The highest BCUT2D eigenvalue weighted by Crippen LogP contribution is 2.32. The summed E-state index contributed by atoms with van der Waals surface area (Å²) >= 11 is 0. The van der Waals surface area contributed by atoms with Crippen LogP contribution in [0.15, 0.2) is 0 Å². The van der Waals surface area contributed by atoms with E-state index in [0.717, 1.165) is 0 Å². The number of hydrogen-bond donors (Lipinski definition) is 5. The van der Waals surface area contributed by atoms with E-state index in [1.54, 1.807) is 13.8 Å². The van der Waals surface area contributed by atoms with Crippen molar-refractivity contribution in [1.29, 1.82) is 0 Å². The second-order valence-corrected chi connectivity index (χ2v) is 4.42.